The molecular weight excluding hydrogens is 224 g/mol. The number of ether oxygens (including phenoxy) is 2. The second-order valence-electron chi connectivity index (χ2n) is 3.46. The Balaban J connectivity index is 3.26. The average Bonchev–Trinajstić information content (AvgIpc) is 2.34. The first-order valence-electron chi connectivity index (χ1n) is 5.24. The molecule has 0 bridgehead atoms. The maximum atomic E-state index is 11.1. The van der Waals surface area contributed by atoms with Crippen LogP contribution in [-0.4, -0.2) is 25.7 Å². The summed E-state index contributed by atoms with van der Waals surface area (Å²) in [6.45, 7) is 0.492. The van der Waals surface area contributed by atoms with Crippen molar-refractivity contribution in [2.24, 2.45) is 5.73 Å². The summed E-state index contributed by atoms with van der Waals surface area (Å²) >= 11 is 0. The summed E-state index contributed by atoms with van der Waals surface area (Å²) in [7, 11) is 2.83. The predicted molar refractivity (Wildman–Crippen MR) is 63.6 cm³/mol. The van der Waals surface area contributed by atoms with E-state index in [0.29, 0.717) is 30.7 Å². The first-order chi connectivity index (χ1) is 8.15. The van der Waals surface area contributed by atoms with Gasteiger partial charge in [-0.05, 0) is 31.5 Å². The van der Waals surface area contributed by atoms with Gasteiger partial charge in [0.2, 0.25) is 5.75 Å². The summed E-state index contributed by atoms with van der Waals surface area (Å²) in [4.78, 5) is 10.6. The van der Waals surface area contributed by atoms with Crippen molar-refractivity contribution in [3.05, 3.63) is 27.8 Å². The van der Waals surface area contributed by atoms with Crippen LogP contribution >= 0.6 is 0 Å². The third kappa shape index (κ3) is 2.85. The Morgan fingerprint density at radius 2 is 2.06 bits per heavy atom. The average molecular weight is 240 g/mol. The van der Waals surface area contributed by atoms with Crippen molar-refractivity contribution in [1.82, 2.24) is 0 Å². The number of hydrogen-bond acceptors (Lipinski definition) is 5. The zero-order chi connectivity index (χ0) is 12.8. The van der Waals surface area contributed by atoms with E-state index in [-0.39, 0.29) is 11.4 Å². The molecule has 1 aromatic carbocycles. The van der Waals surface area contributed by atoms with E-state index in [9.17, 15) is 10.1 Å². The Bertz CT molecular complexity index is 407. The molecule has 0 aliphatic rings. The molecule has 0 fully saturated rings. The fraction of sp³-hybridized carbons (Fsp3) is 0.455. The summed E-state index contributed by atoms with van der Waals surface area (Å²) in [5.41, 5.74) is 5.97. The number of nitrogens with zero attached hydrogens (tertiary/aromatic N) is 1. The topological polar surface area (TPSA) is 87.6 Å². The number of hydrogen-bond donors (Lipinski definition) is 1. The second-order valence-corrected chi connectivity index (χ2v) is 3.46. The van der Waals surface area contributed by atoms with E-state index in [1.54, 1.807) is 12.1 Å². The molecule has 0 unspecified atom stereocenters. The molecule has 0 aliphatic heterocycles. The van der Waals surface area contributed by atoms with Gasteiger partial charge in [-0.3, -0.25) is 10.1 Å². The Hall–Kier alpha value is -1.82. The van der Waals surface area contributed by atoms with Crippen LogP contribution in [0, 0.1) is 10.1 Å². The highest BCUT2D eigenvalue weighted by atomic mass is 16.6. The van der Waals surface area contributed by atoms with E-state index in [2.05, 4.69) is 0 Å². The number of methoxy groups -OCH3 is 2. The van der Waals surface area contributed by atoms with Crippen LogP contribution in [-0.2, 0) is 6.42 Å². The minimum absolute atomic E-state index is 0.0414. The minimum Gasteiger partial charge on any atom is -0.493 e. The van der Waals surface area contributed by atoms with Crippen molar-refractivity contribution < 1.29 is 14.4 Å². The lowest BCUT2D eigenvalue weighted by molar-refractivity contribution is -0.386. The van der Waals surface area contributed by atoms with Crippen LogP contribution in [0.5, 0.6) is 11.5 Å². The van der Waals surface area contributed by atoms with Gasteiger partial charge in [0.25, 0.3) is 0 Å². The SMILES string of the molecule is COc1ccc(CCCN)c([N+](=O)[O-])c1OC. The molecular formula is C11H16N2O4. The fourth-order valence-electron chi connectivity index (χ4n) is 1.65. The van der Waals surface area contributed by atoms with E-state index in [4.69, 9.17) is 15.2 Å². The fourth-order valence-corrected chi connectivity index (χ4v) is 1.65. The number of nitrogens with two attached hydrogens (primary N) is 1. The lowest BCUT2D eigenvalue weighted by Gasteiger charge is -2.10. The third-order valence-electron chi connectivity index (χ3n) is 2.44. The van der Waals surface area contributed by atoms with Gasteiger partial charge in [0.1, 0.15) is 0 Å². The van der Waals surface area contributed by atoms with Crippen molar-refractivity contribution in [3.63, 3.8) is 0 Å². The van der Waals surface area contributed by atoms with E-state index in [1.165, 1.54) is 14.2 Å². The lowest BCUT2D eigenvalue weighted by atomic mass is 10.1. The molecule has 1 rings (SSSR count). The molecule has 0 radical (unpaired) electrons. The second kappa shape index (κ2) is 6.05. The molecule has 0 saturated heterocycles. The zero-order valence-corrected chi connectivity index (χ0v) is 9.93. The summed E-state index contributed by atoms with van der Waals surface area (Å²) in [5.74, 6) is 0.516. The van der Waals surface area contributed by atoms with Crippen LogP contribution < -0.4 is 15.2 Å². The van der Waals surface area contributed by atoms with E-state index in [1.807, 2.05) is 0 Å². The van der Waals surface area contributed by atoms with E-state index >= 15 is 0 Å². The van der Waals surface area contributed by atoms with Crippen molar-refractivity contribution in [2.75, 3.05) is 20.8 Å². The Morgan fingerprint density at radius 1 is 1.35 bits per heavy atom. The highest BCUT2D eigenvalue weighted by molar-refractivity contribution is 5.60. The van der Waals surface area contributed by atoms with Crippen LogP contribution in [0.2, 0.25) is 0 Å². The maximum absolute atomic E-state index is 11.1. The lowest BCUT2D eigenvalue weighted by Crippen LogP contribution is -2.04. The van der Waals surface area contributed by atoms with Gasteiger partial charge < -0.3 is 15.2 Å². The highest BCUT2D eigenvalue weighted by Crippen LogP contribution is 2.39. The summed E-state index contributed by atoms with van der Waals surface area (Å²) in [6, 6.07) is 3.34. The molecule has 0 saturated carbocycles. The van der Waals surface area contributed by atoms with Gasteiger partial charge in [-0.1, -0.05) is 0 Å². The number of rotatable bonds is 6. The molecule has 1 aromatic rings. The molecule has 0 aromatic heterocycles. The van der Waals surface area contributed by atoms with Gasteiger partial charge >= 0.3 is 5.69 Å². The van der Waals surface area contributed by atoms with Crippen LogP contribution in [0.15, 0.2) is 12.1 Å². The Morgan fingerprint density at radius 3 is 2.53 bits per heavy atom. The number of nitro benzene ring substituents is 1. The highest BCUT2D eigenvalue weighted by Gasteiger charge is 2.24. The summed E-state index contributed by atoms with van der Waals surface area (Å²) < 4.78 is 10.1. The smallest absolute Gasteiger partial charge is 0.318 e. The molecule has 0 amide bonds. The van der Waals surface area contributed by atoms with Gasteiger partial charge in [-0.15, -0.1) is 0 Å². The van der Waals surface area contributed by atoms with Gasteiger partial charge in [-0.2, -0.15) is 0 Å². The van der Waals surface area contributed by atoms with Crippen LogP contribution in [0.4, 0.5) is 5.69 Å². The molecule has 0 aliphatic carbocycles. The molecule has 0 spiro atoms. The van der Waals surface area contributed by atoms with Crippen LogP contribution in [0.25, 0.3) is 0 Å². The zero-order valence-electron chi connectivity index (χ0n) is 9.93. The monoisotopic (exact) mass is 240 g/mol. The van der Waals surface area contributed by atoms with Crippen molar-refractivity contribution in [3.8, 4) is 11.5 Å². The number of benzene rings is 1. The van der Waals surface area contributed by atoms with Gasteiger partial charge in [-0.25, -0.2) is 0 Å². The molecule has 94 valence electrons. The largest absolute Gasteiger partial charge is 0.493 e. The third-order valence-corrected chi connectivity index (χ3v) is 2.44. The van der Waals surface area contributed by atoms with Crippen LogP contribution in [0.3, 0.4) is 0 Å². The number of nitro groups is 1. The first-order valence-corrected chi connectivity index (χ1v) is 5.24. The van der Waals surface area contributed by atoms with Crippen molar-refractivity contribution >= 4 is 5.69 Å². The Labute approximate surface area is 99.5 Å². The molecule has 17 heavy (non-hydrogen) atoms. The normalized spacial score (nSPS) is 10.1. The maximum Gasteiger partial charge on any atom is 0.318 e. The Kier molecular flexibility index (Phi) is 4.71. The van der Waals surface area contributed by atoms with Crippen molar-refractivity contribution in [1.29, 1.82) is 0 Å². The molecule has 6 heteroatoms. The van der Waals surface area contributed by atoms with Gasteiger partial charge in [0.05, 0.1) is 19.1 Å². The van der Waals surface area contributed by atoms with Gasteiger partial charge in [0, 0.05) is 5.56 Å². The van der Waals surface area contributed by atoms with Crippen LogP contribution in [0.1, 0.15) is 12.0 Å². The summed E-state index contributed by atoms with van der Waals surface area (Å²) in [5, 5.41) is 11.1. The quantitative estimate of drug-likeness (QED) is 0.601. The van der Waals surface area contributed by atoms with Crippen molar-refractivity contribution in [2.45, 2.75) is 12.8 Å². The predicted octanol–water partition coefficient (Wildman–Crippen LogP) is 1.50. The molecule has 6 nitrogen and oxygen atoms in total. The molecule has 0 atom stereocenters. The minimum atomic E-state index is -0.451. The molecule has 2 N–H and O–H groups in total. The van der Waals surface area contributed by atoms with E-state index in [0.717, 1.165) is 0 Å². The summed E-state index contributed by atoms with van der Waals surface area (Å²) in [6.07, 6.45) is 1.24. The van der Waals surface area contributed by atoms with Gasteiger partial charge in [0.15, 0.2) is 5.75 Å². The standard InChI is InChI=1S/C11H16N2O4/c1-16-9-6-5-8(4-3-7-12)10(13(14)15)11(9)17-2/h5-6H,3-4,7,12H2,1-2H3. The van der Waals surface area contributed by atoms with E-state index < -0.39 is 4.92 Å². The first kappa shape index (κ1) is 13.2. The number of aryl methyl sites for hydroxylation is 1. The molecule has 0 heterocycles.